The Hall–Kier alpha value is -2.95. The fraction of sp³-hybridized carbons (Fsp3) is 0.294. The van der Waals surface area contributed by atoms with Crippen molar-refractivity contribution < 1.29 is 9.63 Å². The van der Waals surface area contributed by atoms with Crippen LogP contribution in [-0.2, 0) is 4.84 Å². The van der Waals surface area contributed by atoms with E-state index in [0.717, 1.165) is 31.9 Å². The number of piperazine rings is 1. The number of nitrogens with two attached hydrogens (primary N) is 1. The van der Waals surface area contributed by atoms with Gasteiger partial charge in [-0.25, -0.2) is 9.50 Å². The zero-order chi connectivity index (χ0) is 19.7. The molecule has 3 aromatic rings. The van der Waals surface area contributed by atoms with Gasteiger partial charge in [0.2, 0.25) is 0 Å². The third kappa shape index (κ3) is 3.44. The highest BCUT2D eigenvalue weighted by Crippen LogP contribution is 2.27. The largest absolute Gasteiger partial charge is 0.381 e. The summed E-state index contributed by atoms with van der Waals surface area (Å²) in [6, 6.07) is 1.87. The van der Waals surface area contributed by atoms with Crippen LogP contribution in [0.5, 0.6) is 0 Å². The number of hydrogen-bond acceptors (Lipinski definition) is 8. The normalized spacial score (nSPS) is 15.1. The van der Waals surface area contributed by atoms with Crippen molar-refractivity contribution in [1.29, 1.82) is 0 Å². The van der Waals surface area contributed by atoms with Gasteiger partial charge in [-0.1, -0.05) is 11.6 Å². The van der Waals surface area contributed by atoms with Crippen LogP contribution in [0.25, 0.3) is 5.65 Å². The highest BCUT2D eigenvalue weighted by molar-refractivity contribution is 6.30. The van der Waals surface area contributed by atoms with E-state index in [0.29, 0.717) is 16.4 Å². The third-order valence-corrected chi connectivity index (χ3v) is 4.77. The van der Waals surface area contributed by atoms with Crippen molar-refractivity contribution in [3.63, 3.8) is 0 Å². The van der Waals surface area contributed by atoms with Gasteiger partial charge in [0, 0.05) is 38.6 Å². The molecule has 1 aliphatic rings. The van der Waals surface area contributed by atoms with Gasteiger partial charge in [-0.15, -0.1) is 5.10 Å². The number of nitrogen functional groups attached to an aromatic ring is 1. The van der Waals surface area contributed by atoms with Crippen molar-refractivity contribution in [2.24, 2.45) is 0 Å². The molecule has 3 aromatic heterocycles. The standard InChI is InChI=1S/C17H19ClN8O2/c1-28-25-6-4-24(5-7-25)13-2-3-20-9-12(13)22-17(27)14-15(19)23-26-10-11(18)8-21-16(14)26/h2-3,8-10H,4-7H2,1H3,(H2,19,23)(H,22,27). The summed E-state index contributed by atoms with van der Waals surface area (Å²) in [7, 11) is 1.66. The molecule has 146 valence electrons. The maximum Gasteiger partial charge on any atom is 0.263 e. The number of nitrogens with zero attached hydrogens (tertiary/aromatic N) is 6. The predicted molar refractivity (Wildman–Crippen MR) is 105 cm³/mol. The number of fused-ring (bicyclic) bond motifs is 1. The highest BCUT2D eigenvalue weighted by atomic mass is 35.5. The number of halogens is 1. The first-order chi connectivity index (χ1) is 13.6. The Balaban J connectivity index is 1.60. The molecule has 10 nitrogen and oxygen atoms in total. The van der Waals surface area contributed by atoms with Gasteiger partial charge in [0.25, 0.3) is 5.91 Å². The van der Waals surface area contributed by atoms with Crippen LogP contribution in [0.2, 0.25) is 5.02 Å². The zero-order valence-electron chi connectivity index (χ0n) is 15.2. The van der Waals surface area contributed by atoms with Crippen LogP contribution in [0.4, 0.5) is 17.2 Å². The van der Waals surface area contributed by atoms with Crippen LogP contribution in [-0.4, -0.2) is 63.8 Å². The molecular weight excluding hydrogens is 384 g/mol. The Bertz CT molecular complexity index is 1020. The fourth-order valence-corrected chi connectivity index (χ4v) is 3.34. The van der Waals surface area contributed by atoms with E-state index in [-0.39, 0.29) is 11.4 Å². The predicted octanol–water partition coefficient (Wildman–Crippen LogP) is 1.30. The lowest BCUT2D eigenvalue weighted by atomic mass is 10.2. The van der Waals surface area contributed by atoms with Crippen LogP contribution in [0, 0.1) is 0 Å². The highest BCUT2D eigenvalue weighted by Gasteiger charge is 2.23. The molecule has 4 heterocycles. The Morgan fingerprint density at radius 3 is 2.82 bits per heavy atom. The second-order valence-corrected chi connectivity index (χ2v) is 6.68. The van der Waals surface area contributed by atoms with E-state index in [1.54, 1.807) is 25.7 Å². The molecule has 0 unspecified atom stereocenters. The van der Waals surface area contributed by atoms with Gasteiger partial charge in [-0.05, 0) is 6.07 Å². The topological polar surface area (TPSA) is 114 Å². The van der Waals surface area contributed by atoms with E-state index >= 15 is 0 Å². The minimum atomic E-state index is -0.410. The number of carbonyl (C=O) groups excluding carboxylic acids is 1. The smallest absolute Gasteiger partial charge is 0.263 e. The number of nitrogens with one attached hydrogen (secondary N) is 1. The molecule has 1 aliphatic heterocycles. The SMILES string of the molecule is CON1CCN(c2ccncc2NC(=O)c2c(N)nn3cc(Cl)cnc23)CC1. The molecule has 0 spiro atoms. The van der Waals surface area contributed by atoms with Crippen molar-refractivity contribution in [1.82, 2.24) is 24.6 Å². The monoisotopic (exact) mass is 402 g/mol. The zero-order valence-corrected chi connectivity index (χ0v) is 15.9. The minimum Gasteiger partial charge on any atom is -0.381 e. The van der Waals surface area contributed by atoms with Crippen molar-refractivity contribution in [3.05, 3.63) is 41.4 Å². The van der Waals surface area contributed by atoms with E-state index in [9.17, 15) is 4.79 Å². The number of amides is 1. The second kappa shape index (κ2) is 7.58. The average Bonchev–Trinajstić information content (AvgIpc) is 3.03. The molecule has 0 aliphatic carbocycles. The molecule has 0 saturated carbocycles. The lowest BCUT2D eigenvalue weighted by molar-refractivity contribution is -0.133. The van der Waals surface area contributed by atoms with Gasteiger partial charge in [0.15, 0.2) is 11.5 Å². The van der Waals surface area contributed by atoms with Crippen molar-refractivity contribution in [2.45, 2.75) is 0 Å². The summed E-state index contributed by atoms with van der Waals surface area (Å²) in [6.07, 6.45) is 6.30. The van der Waals surface area contributed by atoms with E-state index in [1.165, 1.54) is 10.7 Å². The summed E-state index contributed by atoms with van der Waals surface area (Å²) >= 11 is 5.93. The van der Waals surface area contributed by atoms with E-state index in [2.05, 4.69) is 25.3 Å². The number of hydroxylamine groups is 2. The van der Waals surface area contributed by atoms with Crippen LogP contribution >= 0.6 is 11.6 Å². The van der Waals surface area contributed by atoms with Gasteiger partial charge in [-0.2, -0.15) is 5.06 Å². The molecule has 1 amide bonds. The summed E-state index contributed by atoms with van der Waals surface area (Å²) in [5.41, 5.74) is 7.94. The molecule has 0 aromatic carbocycles. The molecular formula is C17H19ClN8O2. The first-order valence-electron chi connectivity index (χ1n) is 8.65. The lowest BCUT2D eigenvalue weighted by Gasteiger charge is -2.35. The molecule has 1 fully saturated rings. The Morgan fingerprint density at radius 2 is 2.07 bits per heavy atom. The Labute approximate surface area is 165 Å². The first-order valence-corrected chi connectivity index (χ1v) is 9.03. The second-order valence-electron chi connectivity index (χ2n) is 6.25. The average molecular weight is 403 g/mol. The summed E-state index contributed by atoms with van der Waals surface area (Å²) in [5.74, 6) is -0.335. The van der Waals surface area contributed by atoms with Crippen LogP contribution < -0.4 is 16.0 Å². The van der Waals surface area contributed by atoms with Gasteiger partial charge in [0.1, 0.15) is 5.56 Å². The van der Waals surface area contributed by atoms with Crippen molar-refractivity contribution in [3.8, 4) is 0 Å². The Morgan fingerprint density at radius 1 is 1.29 bits per heavy atom. The molecule has 0 atom stereocenters. The maximum atomic E-state index is 12.9. The Kier molecular flexibility index (Phi) is 4.99. The molecule has 0 bridgehead atoms. The minimum absolute atomic E-state index is 0.0754. The third-order valence-electron chi connectivity index (χ3n) is 4.58. The van der Waals surface area contributed by atoms with Gasteiger partial charge in [0.05, 0.1) is 35.9 Å². The molecule has 28 heavy (non-hydrogen) atoms. The maximum absolute atomic E-state index is 12.9. The van der Waals surface area contributed by atoms with Crippen LogP contribution in [0.3, 0.4) is 0 Å². The summed E-state index contributed by atoms with van der Waals surface area (Å²) in [6.45, 7) is 3.05. The fourth-order valence-electron chi connectivity index (χ4n) is 3.20. The number of aromatic nitrogens is 4. The number of anilines is 3. The molecule has 0 radical (unpaired) electrons. The lowest BCUT2D eigenvalue weighted by Crippen LogP contribution is -2.46. The van der Waals surface area contributed by atoms with E-state index < -0.39 is 5.91 Å². The van der Waals surface area contributed by atoms with Gasteiger partial charge < -0.3 is 20.8 Å². The summed E-state index contributed by atoms with van der Waals surface area (Å²) in [4.78, 5) is 28.7. The molecule has 4 rings (SSSR count). The van der Waals surface area contributed by atoms with Gasteiger partial charge >= 0.3 is 0 Å². The molecule has 11 heteroatoms. The van der Waals surface area contributed by atoms with Crippen LogP contribution in [0.15, 0.2) is 30.9 Å². The summed E-state index contributed by atoms with van der Waals surface area (Å²) in [5, 5.41) is 9.29. The first kappa shape index (κ1) is 18.4. The van der Waals surface area contributed by atoms with Gasteiger partial charge in [-0.3, -0.25) is 9.78 Å². The molecule has 1 saturated heterocycles. The van der Waals surface area contributed by atoms with Crippen LogP contribution in [0.1, 0.15) is 10.4 Å². The van der Waals surface area contributed by atoms with E-state index in [1.807, 2.05) is 11.1 Å². The summed E-state index contributed by atoms with van der Waals surface area (Å²) < 4.78 is 1.39. The number of carbonyl (C=O) groups is 1. The number of hydrogen-bond donors (Lipinski definition) is 2. The quantitative estimate of drug-likeness (QED) is 0.671. The molecule has 3 N–H and O–H groups in total. The van der Waals surface area contributed by atoms with Crippen molar-refractivity contribution >= 4 is 40.3 Å². The number of pyridine rings is 1. The van der Waals surface area contributed by atoms with E-state index in [4.69, 9.17) is 22.2 Å². The van der Waals surface area contributed by atoms with Crippen molar-refractivity contribution in [2.75, 3.05) is 49.2 Å². The number of rotatable bonds is 4.